The number of nitrogens with zero attached hydrogens (tertiary/aromatic N) is 1. The van der Waals surface area contributed by atoms with E-state index < -0.39 is 0 Å². The Hall–Kier alpha value is -2.10. The molecule has 0 amide bonds. The van der Waals surface area contributed by atoms with Crippen molar-refractivity contribution in [3.8, 4) is 5.75 Å². The molecule has 0 aliphatic rings. The molecule has 0 atom stereocenters. The lowest BCUT2D eigenvalue weighted by Gasteiger charge is -2.08. The van der Waals surface area contributed by atoms with Crippen LogP contribution >= 0.6 is 0 Å². The highest BCUT2D eigenvalue weighted by molar-refractivity contribution is 5.97. The van der Waals surface area contributed by atoms with Gasteiger partial charge in [-0.1, -0.05) is 13.8 Å². The van der Waals surface area contributed by atoms with Gasteiger partial charge in [-0.25, -0.2) is 4.79 Å². The third kappa shape index (κ3) is 3.22. The Morgan fingerprint density at radius 2 is 1.84 bits per heavy atom. The second kappa shape index (κ2) is 6.73. The molecule has 4 nitrogen and oxygen atoms in total. The van der Waals surface area contributed by atoms with Crippen LogP contribution in [0.4, 0.5) is 0 Å². The molecular weight excluding hydrogens is 242 g/mol. The number of rotatable bonds is 2. The summed E-state index contributed by atoms with van der Waals surface area (Å²) in [4.78, 5) is 15.8. The Morgan fingerprint density at radius 3 is 2.42 bits per heavy atom. The van der Waals surface area contributed by atoms with Gasteiger partial charge >= 0.3 is 5.97 Å². The van der Waals surface area contributed by atoms with Crippen molar-refractivity contribution in [2.75, 3.05) is 14.2 Å². The standard InChI is InChI=1S/C13H13NO3.C2H6/c1-8-4-9-5-10(13(15)17-3)6-11(16-2)12(9)14-7-8;1-2/h4-7H,1-3H3;1-2H3. The Labute approximate surface area is 113 Å². The van der Waals surface area contributed by atoms with Crippen LogP contribution in [-0.2, 0) is 4.74 Å². The Kier molecular flexibility index (Phi) is 5.30. The summed E-state index contributed by atoms with van der Waals surface area (Å²) in [6.07, 6.45) is 1.77. The van der Waals surface area contributed by atoms with Crippen molar-refractivity contribution in [3.05, 3.63) is 35.5 Å². The van der Waals surface area contributed by atoms with Crippen LogP contribution in [0.5, 0.6) is 5.75 Å². The van der Waals surface area contributed by atoms with Crippen molar-refractivity contribution in [2.24, 2.45) is 0 Å². The highest BCUT2D eigenvalue weighted by Crippen LogP contribution is 2.26. The molecule has 0 N–H and O–H groups in total. The SMILES string of the molecule is CC.COC(=O)c1cc(OC)c2ncc(C)cc2c1. The molecule has 1 aromatic heterocycles. The molecule has 0 bridgehead atoms. The predicted octanol–water partition coefficient (Wildman–Crippen LogP) is 3.36. The second-order valence-electron chi connectivity index (χ2n) is 3.75. The zero-order chi connectivity index (χ0) is 14.4. The first-order valence-electron chi connectivity index (χ1n) is 6.18. The van der Waals surface area contributed by atoms with Gasteiger partial charge in [0.1, 0.15) is 11.3 Å². The number of carbonyl (C=O) groups excluding carboxylic acids is 1. The van der Waals surface area contributed by atoms with Crippen LogP contribution in [0.3, 0.4) is 0 Å². The summed E-state index contributed by atoms with van der Waals surface area (Å²) in [7, 11) is 2.91. The Bertz CT molecular complexity index is 579. The number of benzene rings is 1. The average molecular weight is 261 g/mol. The normalized spacial score (nSPS) is 9.53. The van der Waals surface area contributed by atoms with E-state index >= 15 is 0 Å². The number of methoxy groups -OCH3 is 2. The number of esters is 1. The largest absolute Gasteiger partial charge is 0.494 e. The van der Waals surface area contributed by atoms with Crippen molar-refractivity contribution in [1.29, 1.82) is 0 Å². The molecule has 1 aromatic carbocycles. The lowest BCUT2D eigenvalue weighted by atomic mass is 10.1. The first-order valence-corrected chi connectivity index (χ1v) is 6.18. The predicted molar refractivity (Wildman–Crippen MR) is 75.7 cm³/mol. The maximum absolute atomic E-state index is 11.5. The summed E-state index contributed by atoms with van der Waals surface area (Å²) in [5, 5.41) is 0.866. The quantitative estimate of drug-likeness (QED) is 0.778. The van der Waals surface area contributed by atoms with E-state index in [0.29, 0.717) is 11.3 Å². The summed E-state index contributed by atoms with van der Waals surface area (Å²) in [5.74, 6) is 0.189. The van der Waals surface area contributed by atoms with Crippen LogP contribution in [0, 0.1) is 6.92 Å². The van der Waals surface area contributed by atoms with Crippen LogP contribution in [0.25, 0.3) is 10.9 Å². The van der Waals surface area contributed by atoms with Gasteiger partial charge in [-0.3, -0.25) is 4.98 Å². The maximum atomic E-state index is 11.5. The van der Waals surface area contributed by atoms with Crippen LogP contribution in [0.15, 0.2) is 24.4 Å². The molecule has 0 radical (unpaired) electrons. The van der Waals surface area contributed by atoms with Crippen molar-refractivity contribution in [3.63, 3.8) is 0 Å². The van der Waals surface area contributed by atoms with Gasteiger partial charge in [0.15, 0.2) is 0 Å². The van der Waals surface area contributed by atoms with Gasteiger partial charge in [-0.15, -0.1) is 0 Å². The Balaban J connectivity index is 0.000000861. The van der Waals surface area contributed by atoms with E-state index in [4.69, 9.17) is 9.47 Å². The van der Waals surface area contributed by atoms with Crippen molar-refractivity contribution < 1.29 is 14.3 Å². The second-order valence-corrected chi connectivity index (χ2v) is 3.75. The highest BCUT2D eigenvalue weighted by atomic mass is 16.5. The molecule has 0 saturated carbocycles. The van der Waals surface area contributed by atoms with Crippen LogP contribution in [-0.4, -0.2) is 25.2 Å². The third-order valence-corrected chi connectivity index (χ3v) is 2.53. The van der Waals surface area contributed by atoms with Gasteiger partial charge in [0.2, 0.25) is 0 Å². The molecule has 0 aliphatic heterocycles. The molecule has 0 spiro atoms. The van der Waals surface area contributed by atoms with E-state index in [9.17, 15) is 4.79 Å². The minimum absolute atomic E-state index is 0.383. The number of aromatic nitrogens is 1. The van der Waals surface area contributed by atoms with Gasteiger partial charge in [0.25, 0.3) is 0 Å². The number of fused-ring (bicyclic) bond motifs is 1. The monoisotopic (exact) mass is 261 g/mol. The van der Waals surface area contributed by atoms with E-state index in [2.05, 4.69) is 4.98 Å². The molecule has 4 heteroatoms. The van der Waals surface area contributed by atoms with Crippen molar-refractivity contribution in [1.82, 2.24) is 4.98 Å². The highest BCUT2D eigenvalue weighted by Gasteiger charge is 2.11. The van der Waals surface area contributed by atoms with E-state index in [1.807, 2.05) is 26.8 Å². The lowest BCUT2D eigenvalue weighted by Crippen LogP contribution is -2.02. The summed E-state index contributed by atoms with van der Waals surface area (Å²) in [6.45, 7) is 5.95. The molecule has 102 valence electrons. The van der Waals surface area contributed by atoms with E-state index in [1.54, 1.807) is 25.4 Å². The van der Waals surface area contributed by atoms with Gasteiger partial charge in [-0.2, -0.15) is 0 Å². The number of pyridine rings is 1. The van der Waals surface area contributed by atoms with E-state index in [-0.39, 0.29) is 5.97 Å². The lowest BCUT2D eigenvalue weighted by molar-refractivity contribution is 0.0600. The number of hydrogen-bond donors (Lipinski definition) is 0. The van der Waals surface area contributed by atoms with Crippen LogP contribution < -0.4 is 4.74 Å². The minimum atomic E-state index is -0.383. The molecule has 0 unspecified atom stereocenters. The molecule has 19 heavy (non-hydrogen) atoms. The fraction of sp³-hybridized carbons (Fsp3) is 0.333. The average Bonchev–Trinajstić information content (AvgIpc) is 2.46. The molecule has 0 aliphatic carbocycles. The van der Waals surface area contributed by atoms with Crippen molar-refractivity contribution >= 4 is 16.9 Å². The molecule has 0 fully saturated rings. The molecule has 0 saturated heterocycles. The van der Waals surface area contributed by atoms with E-state index in [0.717, 1.165) is 16.5 Å². The number of hydrogen-bond acceptors (Lipinski definition) is 4. The molecular formula is C15H19NO3. The topological polar surface area (TPSA) is 48.4 Å². The first kappa shape index (κ1) is 15.0. The van der Waals surface area contributed by atoms with Gasteiger partial charge in [0, 0.05) is 11.6 Å². The van der Waals surface area contributed by atoms with Crippen LogP contribution in [0.1, 0.15) is 29.8 Å². The summed E-state index contributed by atoms with van der Waals surface area (Å²) in [6, 6.07) is 5.34. The fourth-order valence-electron chi connectivity index (χ4n) is 1.72. The molecule has 1 heterocycles. The smallest absolute Gasteiger partial charge is 0.338 e. The number of ether oxygens (including phenoxy) is 2. The molecule has 2 aromatic rings. The summed E-state index contributed by atoms with van der Waals surface area (Å²) < 4.78 is 9.93. The van der Waals surface area contributed by atoms with Gasteiger partial charge in [0.05, 0.1) is 19.8 Å². The van der Waals surface area contributed by atoms with E-state index in [1.165, 1.54) is 7.11 Å². The zero-order valence-corrected chi connectivity index (χ0v) is 12.0. The number of carbonyl (C=O) groups is 1. The van der Waals surface area contributed by atoms with Gasteiger partial charge < -0.3 is 9.47 Å². The van der Waals surface area contributed by atoms with Crippen molar-refractivity contribution in [2.45, 2.75) is 20.8 Å². The first-order chi connectivity index (χ1) is 9.15. The Morgan fingerprint density at radius 1 is 1.16 bits per heavy atom. The molecule has 2 rings (SSSR count). The third-order valence-electron chi connectivity index (χ3n) is 2.53. The summed E-state index contributed by atoms with van der Waals surface area (Å²) >= 11 is 0. The van der Waals surface area contributed by atoms with Crippen LogP contribution in [0.2, 0.25) is 0 Å². The minimum Gasteiger partial charge on any atom is -0.494 e. The maximum Gasteiger partial charge on any atom is 0.338 e. The fourth-order valence-corrected chi connectivity index (χ4v) is 1.72. The number of aryl methyl sites for hydroxylation is 1. The zero-order valence-electron chi connectivity index (χ0n) is 12.0. The summed E-state index contributed by atoms with van der Waals surface area (Å²) in [5.41, 5.74) is 2.23. The van der Waals surface area contributed by atoms with Gasteiger partial charge in [-0.05, 0) is 30.7 Å².